The molecule has 3 rings (SSSR count). The second kappa shape index (κ2) is 3.68. The van der Waals surface area contributed by atoms with Crippen molar-refractivity contribution in [1.29, 1.82) is 5.26 Å². The monoisotopic (exact) mass is 211 g/mol. The third-order valence-corrected chi connectivity index (χ3v) is 3.42. The minimum absolute atomic E-state index is 0.0695. The molecule has 0 amide bonds. The first-order chi connectivity index (χ1) is 7.90. The molecule has 0 N–H and O–H groups in total. The van der Waals surface area contributed by atoms with Crippen LogP contribution in [0.2, 0.25) is 0 Å². The van der Waals surface area contributed by atoms with Crippen LogP contribution in [0.15, 0.2) is 41.7 Å². The highest BCUT2D eigenvalue weighted by molar-refractivity contribution is 5.34. The highest BCUT2D eigenvalue weighted by Crippen LogP contribution is 2.47. The standard InChI is InChI=1S/C14H13NO/c15-9-12-11-7-4-8-13(11)16-14(12)10-5-2-1-3-6-10/h1-3,5-6,12,14H,4,7-8H2. The van der Waals surface area contributed by atoms with Gasteiger partial charge in [0.05, 0.1) is 11.8 Å². The summed E-state index contributed by atoms with van der Waals surface area (Å²) >= 11 is 0. The lowest BCUT2D eigenvalue weighted by Crippen LogP contribution is -2.09. The van der Waals surface area contributed by atoms with Gasteiger partial charge in [-0.1, -0.05) is 30.3 Å². The van der Waals surface area contributed by atoms with Gasteiger partial charge in [0.15, 0.2) is 0 Å². The Labute approximate surface area is 95.2 Å². The van der Waals surface area contributed by atoms with E-state index in [1.165, 1.54) is 5.57 Å². The molecule has 0 spiro atoms. The first-order valence-electron chi connectivity index (χ1n) is 5.73. The van der Waals surface area contributed by atoms with Gasteiger partial charge in [-0.25, -0.2) is 0 Å². The van der Waals surface area contributed by atoms with Gasteiger partial charge in [-0.05, 0) is 24.0 Å². The number of rotatable bonds is 1. The Morgan fingerprint density at radius 1 is 1.19 bits per heavy atom. The van der Waals surface area contributed by atoms with Gasteiger partial charge in [-0.3, -0.25) is 0 Å². The summed E-state index contributed by atoms with van der Waals surface area (Å²) in [6.45, 7) is 0. The molecule has 80 valence electrons. The molecule has 0 saturated heterocycles. The molecule has 1 aliphatic carbocycles. The molecule has 2 aliphatic rings. The van der Waals surface area contributed by atoms with Gasteiger partial charge in [0.1, 0.15) is 12.0 Å². The Hall–Kier alpha value is -1.75. The van der Waals surface area contributed by atoms with Crippen LogP contribution >= 0.6 is 0 Å². The minimum atomic E-state index is -0.0727. The van der Waals surface area contributed by atoms with Crippen molar-refractivity contribution >= 4 is 0 Å². The third-order valence-electron chi connectivity index (χ3n) is 3.42. The van der Waals surface area contributed by atoms with Gasteiger partial charge < -0.3 is 4.74 Å². The predicted octanol–water partition coefficient (Wildman–Crippen LogP) is 3.34. The van der Waals surface area contributed by atoms with E-state index < -0.39 is 0 Å². The topological polar surface area (TPSA) is 33.0 Å². The largest absolute Gasteiger partial charge is 0.488 e. The van der Waals surface area contributed by atoms with E-state index in [2.05, 4.69) is 6.07 Å². The van der Waals surface area contributed by atoms with Crippen LogP contribution in [-0.2, 0) is 4.74 Å². The van der Waals surface area contributed by atoms with Gasteiger partial charge >= 0.3 is 0 Å². The maximum atomic E-state index is 9.28. The normalized spacial score (nSPS) is 27.4. The number of nitrogens with zero attached hydrogens (tertiary/aromatic N) is 1. The Morgan fingerprint density at radius 2 is 2.00 bits per heavy atom. The Bertz CT molecular complexity index is 469. The van der Waals surface area contributed by atoms with Crippen LogP contribution in [-0.4, -0.2) is 0 Å². The second-order valence-electron chi connectivity index (χ2n) is 4.36. The van der Waals surface area contributed by atoms with Gasteiger partial charge in [0, 0.05) is 6.42 Å². The molecule has 0 radical (unpaired) electrons. The average molecular weight is 211 g/mol. The summed E-state index contributed by atoms with van der Waals surface area (Å²) < 4.78 is 5.93. The summed E-state index contributed by atoms with van der Waals surface area (Å²) in [5.74, 6) is 1.01. The smallest absolute Gasteiger partial charge is 0.143 e. The van der Waals surface area contributed by atoms with Crippen molar-refractivity contribution in [2.75, 3.05) is 0 Å². The molecular formula is C14H13NO. The molecule has 0 saturated carbocycles. The van der Waals surface area contributed by atoms with E-state index in [-0.39, 0.29) is 12.0 Å². The van der Waals surface area contributed by atoms with E-state index in [1.54, 1.807) is 0 Å². The fraction of sp³-hybridized carbons (Fsp3) is 0.357. The second-order valence-corrected chi connectivity index (χ2v) is 4.36. The molecule has 2 nitrogen and oxygen atoms in total. The summed E-state index contributed by atoms with van der Waals surface area (Å²) in [6.07, 6.45) is 3.12. The van der Waals surface area contributed by atoms with Crippen molar-refractivity contribution in [3.8, 4) is 6.07 Å². The summed E-state index contributed by atoms with van der Waals surface area (Å²) in [4.78, 5) is 0. The van der Waals surface area contributed by atoms with Crippen LogP contribution in [0, 0.1) is 17.2 Å². The number of hydrogen-bond donors (Lipinski definition) is 0. The van der Waals surface area contributed by atoms with E-state index in [0.717, 1.165) is 30.6 Å². The van der Waals surface area contributed by atoms with Crippen molar-refractivity contribution in [1.82, 2.24) is 0 Å². The van der Waals surface area contributed by atoms with Crippen LogP contribution in [0.3, 0.4) is 0 Å². The first-order valence-corrected chi connectivity index (χ1v) is 5.73. The zero-order chi connectivity index (χ0) is 11.0. The van der Waals surface area contributed by atoms with Crippen LogP contribution in [0.1, 0.15) is 30.9 Å². The predicted molar refractivity (Wildman–Crippen MR) is 60.2 cm³/mol. The molecule has 1 aromatic carbocycles. The number of allylic oxidation sites excluding steroid dienone is 1. The Balaban J connectivity index is 1.93. The Morgan fingerprint density at radius 3 is 2.75 bits per heavy atom. The van der Waals surface area contributed by atoms with Crippen molar-refractivity contribution in [3.05, 3.63) is 47.2 Å². The van der Waals surface area contributed by atoms with E-state index in [1.807, 2.05) is 30.3 Å². The summed E-state index contributed by atoms with van der Waals surface area (Å²) in [6, 6.07) is 12.5. The van der Waals surface area contributed by atoms with Gasteiger partial charge in [0.2, 0.25) is 0 Å². The molecular weight excluding hydrogens is 198 g/mol. The van der Waals surface area contributed by atoms with Crippen LogP contribution in [0.25, 0.3) is 0 Å². The molecule has 0 bridgehead atoms. The van der Waals surface area contributed by atoms with E-state index in [9.17, 15) is 5.26 Å². The molecule has 2 atom stereocenters. The fourth-order valence-electron chi connectivity index (χ4n) is 2.66. The van der Waals surface area contributed by atoms with Crippen molar-refractivity contribution < 1.29 is 4.74 Å². The van der Waals surface area contributed by atoms with E-state index >= 15 is 0 Å². The zero-order valence-electron chi connectivity index (χ0n) is 9.02. The maximum absolute atomic E-state index is 9.28. The molecule has 16 heavy (non-hydrogen) atoms. The minimum Gasteiger partial charge on any atom is -0.488 e. The molecule has 1 heterocycles. The molecule has 1 aromatic rings. The van der Waals surface area contributed by atoms with E-state index in [0.29, 0.717) is 0 Å². The Kier molecular flexibility index (Phi) is 2.18. The number of ether oxygens (including phenoxy) is 1. The molecule has 2 heteroatoms. The highest BCUT2D eigenvalue weighted by Gasteiger charge is 2.39. The lowest BCUT2D eigenvalue weighted by atomic mass is 9.91. The van der Waals surface area contributed by atoms with Crippen LogP contribution < -0.4 is 0 Å². The van der Waals surface area contributed by atoms with Gasteiger partial charge in [-0.2, -0.15) is 5.26 Å². The molecule has 0 aromatic heterocycles. The first kappa shape index (κ1) is 9.47. The van der Waals surface area contributed by atoms with Crippen molar-refractivity contribution in [2.24, 2.45) is 5.92 Å². The van der Waals surface area contributed by atoms with E-state index in [4.69, 9.17) is 4.74 Å². The number of hydrogen-bond acceptors (Lipinski definition) is 2. The van der Waals surface area contributed by atoms with Crippen LogP contribution in [0.4, 0.5) is 0 Å². The summed E-state index contributed by atoms with van der Waals surface area (Å²) in [5.41, 5.74) is 2.36. The molecule has 0 fully saturated rings. The molecule has 2 unspecified atom stereocenters. The maximum Gasteiger partial charge on any atom is 0.143 e. The number of benzene rings is 1. The SMILES string of the molecule is N#CC1C2=C(CCC2)OC1c1ccccc1. The lowest BCUT2D eigenvalue weighted by Gasteiger charge is -2.17. The summed E-state index contributed by atoms with van der Waals surface area (Å²) in [5, 5.41) is 9.28. The lowest BCUT2D eigenvalue weighted by molar-refractivity contribution is 0.119. The van der Waals surface area contributed by atoms with Gasteiger partial charge in [0.25, 0.3) is 0 Å². The van der Waals surface area contributed by atoms with Crippen molar-refractivity contribution in [2.45, 2.75) is 25.4 Å². The van der Waals surface area contributed by atoms with Crippen molar-refractivity contribution in [3.63, 3.8) is 0 Å². The van der Waals surface area contributed by atoms with Crippen LogP contribution in [0.5, 0.6) is 0 Å². The highest BCUT2D eigenvalue weighted by atomic mass is 16.5. The fourth-order valence-corrected chi connectivity index (χ4v) is 2.66. The zero-order valence-corrected chi connectivity index (χ0v) is 9.02. The number of nitriles is 1. The summed E-state index contributed by atoms with van der Waals surface area (Å²) in [7, 11) is 0. The van der Waals surface area contributed by atoms with Gasteiger partial charge in [-0.15, -0.1) is 0 Å². The third kappa shape index (κ3) is 1.32. The molecule has 1 aliphatic heterocycles. The average Bonchev–Trinajstić information content (AvgIpc) is 2.89. The quantitative estimate of drug-likeness (QED) is 0.713.